The van der Waals surface area contributed by atoms with Crippen LogP contribution in [0.25, 0.3) is 0 Å². The predicted molar refractivity (Wildman–Crippen MR) is 55.9 cm³/mol. The number of rotatable bonds is 2. The van der Waals surface area contributed by atoms with Gasteiger partial charge in [0.2, 0.25) is 0 Å². The zero-order chi connectivity index (χ0) is 11.6. The standard InChI is InChI=1S/C12H14F3N/c13-11-6-2-1-5-10(11)12(14,15)9-4-3-7-16-8-9/h1-2,5-6,9,16H,3-4,7-8H2. The topological polar surface area (TPSA) is 12.0 Å². The maximum Gasteiger partial charge on any atom is 0.280 e. The van der Waals surface area contributed by atoms with E-state index in [0.29, 0.717) is 12.8 Å². The Bertz CT molecular complexity index is 359. The largest absolute Gasteiger partial charge is 0.316 e. The lowest BCUT2D eigenvalue weighted by molar-refractivity contribution is -0.0751. The van der Waals surface area contributed by atoms with Crippen molar-refractivity contribution < 1.29 is 13.2 Å². The second kappa shape index (κ2) is 4.45. The molecule has 0 radical (unpaired) electrons. The summed E-state index contributed by atoms with van der Waals surface area (Å²) in [5.41, 5.74) is -0.483. The monoisotopic (exact) mass is 229 g/mol. The molecule has 16 heavy (non-hydrogen) atoms. The van der Waals surface area contributed by atoms with Crippen LogP contribution in [-0.2, 0) is 5.92 Å². The minimum Gasteiger partial charge on any atom is -0.316 e. The van der Waals surface area contributed by atoms with Crippen LogP contribution in [0.3, 0.4) is 0 Å². The first-order chi connectivity index (χ1) is 7.62. The fourth-order valence-corrected chi connectivity index (χ4v) is 2.11. The summed E-state index contributed by atoms with van der Waals surface area (Å²) in [6.45, 7) is 1.02. The summed E-state index contributed by atoms with van der Waals surface area (Å²) in [7, 11) is 0. The van der Waals surface area contributed by atoms with Crippen molar-refractivity contribution in [3.05, 3.63) is 35.6 Å². The molecular weight excluding hydrogens is 215 g/mol. The van der Waals surface area contributed by atoms with Gasteiger partial charge in [0, 0.05) is 12.5 Å². The molecule has 1 aromatic carbocycles. The highest BCUT2D eigenvalue weighted by Crippen LogP contribution is 2.40. The molecule has 1 heterocycles. The highest BCUT2D eigenvalue weighted by Gasteiger charge is 2.43. The van der Waals surface area contributed by atoms with Gasteiger partial charge >= 0.3 is 0 Å². The van der Waals surface area contributed by atoms with Crippen molar-refractivity contribution in [2.24, 2.45) is 5.92 Å². The maximum atomic E-state index is 14.0. The summed E-state index contributed by atoms with van der Waals surface area (Å²) in [5, 5.41) is 2.93. The van der Waals surface area contributed by atoms with Crippen LogP contribution in [0.1, 0.15) is 18.4 Å². The Morgan fingerprint density at radius 2 is 2.00 bits per heavy atom. The third kappa shape index (κ3) is 2.07. The molecule has 88 valence electrons. The average molecular weight is 229 g/mol. The molecule has 0 amide bonds. The second-order valence-corrected chi connectivity index (χ2v) is 4.15. The van der Waals surface area contributed by atoms with Crippen molar-refractivity contribution >= 4 is 0 Å². The van der Waals surface area contributed by atoms with Gasteiger partial charge in [0.15, 0.2) is 0 Å². The van der Waals surface area contributed by atoms with E-state index < -0.39 is 23.2 Å². The predicted octanol–water partition coefficient (Wildman–Crippen LogP) is 2.92. The summed E-state index contributed by atoms with van der Waals surface area (Å²) in [5.74, 6) is -4.71. The third-order valence-corrected chi connectivity index (χ3v) is 3.04. The summed E-state index contributed by atoms with van der Waals surface area (Å²) in [6.07, 6.45) is 1.16. The van der Waals surface area contributed by atoms with Gasteiger partial charge in [-0.15, -0.1) is 0 Å². The van der Waals surface area contributed by atoms with Gasteiger partial charge in [-0.2, -0.15) is 0 Å². The molecule has 0 aliphatic carbocycles. The van der Waals surface area contributed by atoms with Crippen LogP contribution in [-0.4, -0.2) is 13.1 Å². The van der Waals surface area contributed by atoms with Crippen LogP contribution in [0.5, 0.6) is 0 Å². The molecule has 0 bridgehead atoms. The van der Waals surface area contributed by atoms with Crippen LogP contribution in [0.2, 0.25) is 0 Å². The number of halogens is 3. The number of piperidine rings is 1. The number of benzene rings is 1. The van der Waals surface area contributed by atoms with Gasteiger partial charge in [-0.1, -0.05) is 18.2 Å². The number of hydrogen-bond donors (Lipinski definition) is 1. The van der Waals surface area contributed by atoms with E-state index in [4.69, 9.17) is 0 Å². The summed E-state index contributed by atoms with van der Waals surface area (Å²) >= 11 is 0. The van der Waals surface area contributed by atoms with Gasteiger partial charge in [-0.05, 0) is 25.5 Å². The summed E-state index contributed by atoms with van der Waals surface area (Å²) in [4.78, 5) is 0. The molecule has 1 aliphatic rings. The lowest BCUT2D eigenvalue weighted by Gasteiger charge is -2.30. The molecule has 1 atom stereocenters. The SMILES string of the molecule is Fc1ccccc1C(F)(F)C1CCCNC1. The molecule has 4 heteroatoms. The van der Waals surface area contributed by atoms with Gasteiger partial charge < -0.3 is 5.32 Å². The first-order valence-corrected chi connectivity index (χ1v) is 5.46. The molecule has 1 saturated heterocycles. The van der Waals surface area contributed by atoms with Gasteiger partial charge in [0.1, 0.15) is 5.82 Å². The van der Waals surface area contributed by atoms with E-state index in [9.17, 15) is 13.2 Å². The fourth-order valence-electron chi connectivity index (χ4n) is 2.11. The lowest BCUT2D eigenvalue weighted by atomic mass is 9.88. The van der Waals surface area contributed by atoms with Crippen LogP contribution in [0.15, 0.2) is 24.3 Å². The Balaban J connectivity index is 2.26. The third-order valence-electron chi connectivity index (χ3n) is 3.04. The van der Waals surface area contributed by atoms with Crippen molar-refractivity contribution in [3.8, 4) is 0 Å². The Morgan fingerprint density at radius 3 is 2.62 bits per heavy atom. The van der Waals surface area contributed by atoms with E-state index in [1.54, 1.807) is 0 Å². The number of nitrogens with one attached hydrogen (secondary N) is 1. The molecule has 1 unspecified atom stereocenters. The zero-order valence-electron chi connectivity index (χ0n) is 8.85. The van der Waals surface area contributed by atoms with Crippen molar-refractivity contribution in [2.45, 2.75) is 18.8 Å². The van der Waals surface area contributed by atoms with E-state index in [1.165, 1.54) is 18.2 Å². The highest BCUT2D eigenvalue weighted by atomic mass is 19.3. The lowest BCUT2D eigenvalue weighted by Crippen LogP contribution is -2.39. The van der Waals surface area contributed by atoms with Crippen LogP contribution in [0.4, 0.5) is 13.2 Å². The van der Waals surface area contributed by atoms with Gasteiger partial charge in [0.25, 0.3) is 5.92 Å². The molecule has 1 N–H and O–H groups in total. The van der Waals surface area contributed by atoms with Crippen molar-refractivity contribution in [3.63, 3.8) is 0 Å². The van der Waals surface area contributed by atoms with E-state index in [2.05, 4.69) is 5.32 Å². The molecule has 1 nitrogen and oxygen atoms in total. The maximum absolute atomic E-state index is 14.0. The fraction of sp³-hybridized carbons (Fsp3) is 0.500. The van der Waals surface area contributed by atoms with Crippen LogP contribution in [0, 0.1) is 11.7 Å². The Morgan fingerprint density at radius 1 is 1.25 bits per heavy atom. The molecule has 1 aromatic rings. The molecule has 1 fully saturated rings. The summed E-state index contributed by atoms with van der Waals surface area (Å²) in [6, 6.07) is 5.13. The zero-order valence-corrected chi connectivity index (χ0v) is 8.85. The van der Waals surface area contributed by atoms with E-state index in [0.717, 1.165) is 12.6 Å². The summed E-state index contributed by atoms with van der Waals surface area (Å²) < 4.78 is 41.4. The van der Waals surface area contributed by atoms with Gasteiger partial charge in [-0.3, -0.25) is 0 Å². The smallest absolute Gasteiger partial charge is 0.280 e. The normalized spacial score (nSPS) is 22.1. The van der Waals surface area contributed by atoms with Gasteiger partial charge in [0.05, 0.1) is 5.56 Å². The first-order valence-electron chi connectivity index (χ1n) is 5.46. The highest BCUT2D eigenvalue weighted by molar-refractivity contribution is 5.23. The van der Waals surface area contributed by atoms with Gasteiger partial charge in [-0.25, -0.2) is 13.2 Å². The van der Waals surface area contributed by atoms with E-state index >= 15 is 0 Å². The van der Waals surface area contributed by atoms with E-state index in [-0.39, 0.29) is 6.54 Å². The van der Waals surface area contributed by atoms with Crippen molar-refractivity contribution in [2.75, 3.05) is 13.1 Å². The number of hydrogen-bond acceptors (Lipinski definition) is 1. The van der Waals surface area contributed by atoms with Crippen LogP contribution < -0.4 is 5.32 Å². The van der Waals surface area contributed by atoms with Crippen molar-refractivity contribution in [1.82, 2.24) is 5.32 Å². The molecule has 0 saturated carbocycles. The van der Waals surface area contributed by atoms with Crippen molar-refractivity contribution in [1.29, 1.82) is 0 Å². The minimum absolute atomic E-state index is 0.251. The number of alkyl halides is 2. The molecule has 0 spiro atoms. The second-order valence-electron chi connectivity index (χ2n) is 4.15. The Kier molecular flexibility index (Phi) is 3.19. The molecule has 1 aliphatic heterocycles. The van der Waals surface area contributed by atoms with Crippen LogP contribution >= 0.6 is 0 Å². The molecule has 0 aromatic heterocycles. The first kappa shape index (κ1) is 11.5. The molecular formula is C12H14F3N. The Labute approximate surface area is 92.7 Å². The van der Waals surface area contributed by atoms with E-state index in [1.807, 2.05) is 0 Å². The minimum atomic E-state index is -3.08. The Hall–Kier alpha value is -1.03. The quantitative estimate of drug-likeness (QED) is 0.822. The average Bonchev–Trinajstić information content (AvgIpc) is 2.30. The molecule has 2 rings (SSSR count).